The van der Waals surface area contributed by atoms with Crippen molar-refractivity contribution in [1.82, 2.24) is 5.32 Å². The van der Waals surface area contributed by atoms with E-state index >= 15 is 0 Å². The van der Waals surface area contributed by atoms with Crippen LogP contribution in [0.3, 0.4) is 0 Å². The van der Waals surface area contributed by atoms with Crippen molar-refractivity contribution < 1.29 is 17.6 Å². The molecular weight excluding hydrogens is 343 g/mol. The molecule has 3 rings (SSSR count). The summed E-state index contributed by atoms with van der Waals surface area (Å²) in [7, 11) is -3.32. The maximum atomic E-state index is 13.2. The number of halogens is 1. The molecule has 0 spiro atoms. The fraction of sp³-hybridized carbons (Fsp3) is 0.278. The van der Waals surface area contributed by atoms with E-state index in [9.17, 15) is 17.6 Å². The second-order valence-electron chi connectivity index (χ2n) is 5.96. The fourth-order valence-electron chi connectivity index (χ4n) is 2.81. The van der Waals surface area contributed by atoms with E-state index in [1.165, 1.54) is 16.4 Å². The lowest BCUT2D eigenvalue weighted by Crippen LogP contribution is -2.38. The minimum Gasteiger partial charge on any atom is -0.348 e. The number of nitrogens with zero attached hydrogens (tertiary/aromatic N) is 1. The Labute approximate surface area is 146 Å². The number of benzene rings is 2. The predicted molar refractivity (Wildman–Crippen MR) is 94.4 cm³/mol. The number of anilines is 1. The summed E-state index contributed by atoms with van der Waals surface area (Å²) in [6.07, 6.45) is 1.46. The van der Waals surface area contributed by atoms with Gasteiger partial charge in [-0.25, -0.2) is 12.8 Å². The molecule has 1 amide bonds. The molecule has 1 N–H and O–H groups in total. The number of rotatable bonds is 4. The van der Waals surface area contributed by atoms with E-state index in [2.05, 4.69) is 5.32 Å². The van der Waals surface area contributed by atoms with E-state index < -0.39 is 10.0 Å². The third-order valence-electron chi connectivity index (χ3n) is 4.09. The van der Waals surface area contributed by atoms with Crippen molar-refractivity contribution in [3.05, 3.63) is 65.5 Å². The molecular formula is C18H19FN2O3S. The van der Waals surface area contributed by atoms with Gasteiger partial charge in [0.15, 0.2) is 0 Å². The molecule has 1 aliphatic heterocycles. The van der Waals surface area contributed by atoms with Gasteiger partial charge in [0, 0.05) is 18.7 Å². The lowest BCUT2D eigenvalue weighted by molar-refractivity contribution is 0.0951. The standard InChI is InChI=1S/C18H19FN2O3S/c19-16-7-3-5-14(11-16)13-20-18(22)15-6-4-8-17(12-15)21-9-1-2-10-25(21,23)24/h3-8,11-12H,1-2,9-10,13H2,(H,20,22). The van der Waals surface area contributed by atoms with E-state index in [1.807, 2.05) is 0 Å². The molecule has 2 aromatic carbocycles. The van der Waals surface area contributed by atoms with Gasteiger partial charge in [-0.1, -0.05) is 18.2 Å². The third kappa shape index (κ3) is 4.17. The molecule has 0 unspecified atom stereocenters. The Morgan fingerprint density at radius 1 is 1.12 bits per heavy atom. The highest BCUT2D eigenvalue weighted by Gasteiger charge is 2.26. The van der Waals surface area contributed by atoms with E-state index in [0.29, 0.717) is 29.8 Å². The zero-order valence-corrected chi connectivity index (χ0v) is 14.4. The second-order valence-corrected chi connectivity index (χ2v) is 7.97. The minimum absolute atomic E-state index is 0.128. The Bertz CT molecular complexity index is 883. The van der Waals surface area contributed by atoms with Crippen LogP contribution in [0.5, 0.6) is 0 Å². The number of carbonyl (C=O) groups is 1. The highest BCUT2D eigenvalue weighted by molar-refractivity contribution is 7.92. The molecule has 0 saturated carbocycles. The fourth-order valence-corrected chi connectivity index (χ4v) is 4.44. The number of sulfonamides is 1. The van der Waals surface area contributed by atoms with Gasteiger partial charge in [0.1, 0.15) is 5.82 Å². The quantitative estimate of drug-likeness (QED) is 0.909. The van der Waals surface area contributed by atoms with E-state index in [0.717, 1.165) is 6.42 Å². The van der Waals surface area contributed by atoms with Crippen molar-refractivity contribution in [1.29, 1.82) is 0 Å². The molecule has 1 aliphatic rings. The lowest BCUT2D eigenvalue weighted by Gasteiger charge is -2.28. The Hall–Kier alpha value is -2.41. The van der Waals surface area contributed by atoms with Crippen molar-refractivity contribution in [2.75, 3.05) is 16.6 Å². The van der Waals surface area contributed by atoms with Gasteiger partial charge in [-0.3, -0.25) is 9.10 Å². The summed E-state index contributed by atoms with van der Waals surface area (Å²) < 4.78 is 38.9. The number of hydrogen-bond donors (Lipinski definition) is 1. The summed E-state index contributed by atoms with van der Waals surface area (Å²) in [5.74, 6) is -0.562. The molecule has 2 aromatic rings. The summed E-state index contributed by atoms with van der Waals surface area (Å²) >= 11 is 0. The molecule has 7 heteroatoms. The van der Waals surface area contributed by atoms with Gasteiger partial charge in [0.25, 0.3) is 5.91 Å². The minimum atomic E-state index is -3.32. The maximum Gasteiger partial charge on any atom is 0.251 e. The van der Waals surface area contributed by atoms with Crippen molar-refractivity contribution in [3.63, 3.8) is 0 Å². The maximum absolute atomic E-state index is 13.2. The van der Waals surface area contributed by atoms with Crippen LogP contribution < -0.4 is 9.62 Å². The van der Waals surface area contributed by atoms with E-state index in [-0.39, 0.29) is 24.0 Å². The molecule has 132 valence electrons. The van der Waals surface area contributed by atoms with Gasteiger partial charge in [0.05, 0.1) is 11.4 Å². The van der Waals surface area contributed by atoms with Crippen LogP contribution in [0.25, 0.3) is 0 Å². The van der Waals surface area contributed by atoms with Crippen molar-refractivity contribution in [3.8, 4) is 0 Å². The molecule has 0 atom stereocenters. The lowest BCUT2D eigenvalue weighted by atomic mass is 10.1. The highest BCUT2D eigenvalue weighted by atomic mass is 32.2. The summed E-state index contributed by atoms with van der Waals surface area (Å²) in [4.78, 5) is 12.3. The van der Waals surface area contributed by atoms with Crippen LogP contribution in [0.15, 0.2) is 48.5 Å². The molecule has 0 radical (unpaired) electrons. The van der Waals surface area contributed by atoms with Crippen LogP contribution in [-0.2, 0) is 16.6 Å². The van der Waals surface area contributed by atoms with Crippen LogP contribution in [0.1, 0.15) is 28.8 Å². The molecule has 0 aliphatic carbocycles. The first kappa shape index (κ1) is 17.4. The molecule has 1 fully saturated rings. The SMILES string of the molecule is O=C(NCc1cccc(F)c1)c1cccc(N2CCCCS2(=O)=O)c1. The van der Waals surface area contributed by atoms with Gasteiger partial charge in [-0.05, 0) is 48.7 Å². The average molecular weight is 362 g/mol. The first-order valence-corrected chi connectivity index (χ1v) is 9.70. The Balaban J connectivity index is 1.73. The average Bonchev–Trinajstić information content (AvgIpc) is 2.59. The van der Waals surface area contributed by atoms with Crippen LogP contribution >= 0.6 is 0 Å². The summed E-state index contributed by atoms with van der Waals surface area (Å²) in [5.41, 5.74) is 1.52. The Morgan fingerprint density at radius 2 is 1.92 bits per heavy atom. The van der Waals surface area contributed by atoms with Crippen LogP contribution in [-0.4, -0.2) is 26.6 Å². The van der Waals surface area contributed by atoms with Gasteiger partial charge in [-0.15, -0.1) is 0 Å². The molecule has 25 heavy (non-hydrogen) atoms. The molecule has 0 aromatic heterocycles. The van der Waals surface area contributed by atoms with Crippen molar-refractivity contribution in [2.24, 2.45) is 0 Å². The number of nitrogens with one attached hydrogen (secondary N) is 1. The van der Waals surface area contributed by atoms with Crippen LogP contribution in [0.2, 0.25) is 0 Å². The smallest absolute Gasteiger partial charge is 0.251 e. The third-order valence-corrected chi connectivity index (χ3v) is 5.96. The molecule has 5 nitrogen and oxygen atoms in total. The van der Waals surface area contributed by atoms with Crippen LogP contribution in [0.4, 0.5) is 10.1 Å². The molecule has 1 heterocycles. The van der Waals surface area contributed by atoms with Gasteiger partial charge in [-0.2, -0.15) is 0 Å². The van der Waals surface area contributed by atoms with Crippen molar-refractivity contribution in [2.45, 2.75) is 19.4 Å². The largest absolute Gasteiger partial charge is 0.348 e. The Morgan fingerprint density at radius 3 is 2.68 bits per heavy atom. The second kappa shape index (κ2) is 7.23. The van der Waals surface area contributed by atoms with Gasteiger partial charge < -0.3 is 5.32 Å². The topological polar surface area (TPSA) is 66.5 Å². The van der Waals surface area contributed by atoms with Gasteiger partial charge >= 0.3 is 0 Å². The zero-order chi connectivity index (χ0) is 17.9. The number of carbonyl (C=O) groups excluding carboxylic acids is 1. The molecule has 1 saturated heterocycles. The first-order valence-electron chi connectivity index (χ1n) is 8.09. The predicted octanol–water partition coefficient (Wildman–Crippen LogP) is 2.69. The van der Waals surface area contributed by atoms with Crippen molar-refractivity contribution >= 4 is 21.6 Å². The normalized spacial score (nSPS) is 16.4. The zero-order valence-electron chi connectivity index (χ0n) is 13.6. The summed E-state index contributed by atoms with van der Waals surface area (Å²) in [5, 5.41) is 2.72. The van der Waals surface area contributed by atoms with Crippen LogP contribution in [0, 0.1) is 5.82 Å². The first-order chi connectivity index (χ1) is 12.0. The van der Waals surface area contributed by atoms with E-state index in [4.69, 9.17) is 0 Å². The number of amides is 1. The summed E-state index contributed by atoms with van der Waals surface area (Å²) in [6, 6.07) is 12.6. The highest BCUT2D eigenvalue weighted by Crippen LogP contribution is 2.24. The summed E-state index contributed by atoms with van der Waals surface area (Å²) in [6.45, 7) is 0.625. The van der Waals surface area contributed by atoms with E-state index in [1.54, 1.807) is 36.4 Å². The Kier molecular flexibility index (Phi) is 5.03. The number of hydrogen-bond acceptors (Lipinski definition) is 3. The van der Waals surface area contributed by atoms with Gasteiger partial charge in [0.2, 0.25) is 10.0 Å². The monoisotopic (exact) mass is 362 g/mol. The molecule has 0 bridgehead atoms.